The summed E-state index contributed by atoms with van der Waals surface area (Å²) >= 11 is 3.29. The van der Waals surface area contributed by atoms with Gasteiger partial charge in [0.1, 0.15) is 11.5 Å². The number of Topliss-reactive ketones (excluding diaryl/α,β-unsaturated/α-hetero) is 1. The minimum atomic E-state index is -0.809. The molecule has 8 heteroatoms. The fourth-order valence-electron chi connectivity index (χ4n) is 1.67. The van der Waals surface area contributed by atoms with Crippen LogP contribution in [0.5, 0.6) is 11.5 Å². The van der Waals surface area contributed by atoms with Crippen molar-refractivity contribution < 1.29 is 23.8 Å². The van der Waals surface area contributed by atoms with Crippen molar-refractivity contribution in [1.82, 2.24) is 5.43 Å². The maximum Gasteiger partial charge on any atom is 0.362 e. The number of hydrogen-bond acceptors (Lipinski definition) is 7. The zero-order valence-electron chi connectivity index (χ0n) is 12.7. The number of hydrazone groups is 1. The molecule has 1 N–H and O–H groups in total. The number of ether oxygens (including phenoxy) is 3. The molecule has 1 rings (SSSR count). The monoisotopic (exact) mass is 372 g/mol. The third kappa shape index (κ3) is 3.97. The first-order valence-corrected chi connectivity index (χ1v) is 7.17. The van der Waals surface area contributed by atoms with E-state index in [1.54, 1.807) is 13.0 Å². The molecule has 0 saturated heterocycles. The Morgan fingerprint density at radius 3 is 2.36 bits per heavy atom. The number of hydrogen-bond donors (Lipinski definition) is 1. The van der Waals surface area contributed by atoms with Gasteiger partial charge in [0, 0.05) is 13.1 Å². The van der Waals surface area contributed by atoms with E-state index in [1.165, 1.54) is 27.3 Å². The number of methoxy groups -OCH3 is 2. The summed E-state index contributed by atoms with van der Waals surface area (Å²) in [5, 5.41) is 3.71. The Kier molecular flexibility index (Phi) is 6.84. The molecule has 1 aromatic carbocycles. The quantitative estimate of drug-likeness (QED) is 0.258. The lowest BCUT2D eigenvalue weighted by Crippen LogP contribution is -2.29. The first-order chi connectivity index (χ1) is 10.5. The molecule has 120 valence electrons. The third-order valence-corrected chi connectivity index (χ3v) is 3.25. The van der Waals surface area contributed by atoms with Crippen LogP contribution in [0.4, 0.5) is 0 Å². The smallest absolute Gasteiger partial charge is 0.362 e. The van der Waals surface area contributed by atoms with Gasteiger partial charge in [0.15, 0.2) is 0 Å². The van der Waals surface area contributed by atoms with E-state index in [4.69, 9.17) is 14.2 Å². The molecule has 0 aliphatic carbocycles. The van der Waals surface area contributed by atoms with Crippen molar-refractivity contribution in [3.63, 3.8) is 0 Å². The first-order valence-electron chi connectivity index (χ1n) is 6.37. The normalized spacial score (nSPS) is 10.9. The van der Waals surface area contributed by atoms with Crippen LogP contribution in [-0.2, 0) is 9.53 Å². The Morgan fingerprint density at radius 2 is 1.86 bits per heavy atom. The molecule has 0 fully saturated rings. The summed E-state index contributed by atoms with van der Waals surface area (Å²) in [5.74, 6) is -0.668. The van der Waals surface area contributed by atoms with E-state index >= 15 is 0 Å². The Labute approximate surface area is 136 Å². The van der Waals surface area contributed by atoms with Crippen LogP contribution in [0, 0.1) is 0 Å². The zero-order valence-corrected chi connectivity index (χ0v) is 14.3. The number of esters is 1. The van der Waals surface area contributed by atoms with E-state index in [9.17, 15) is 9.59 Å². The predicted octanol–water partition coefficient (Wildman–Crippen LogP) is 1.79. The minimum Gasteiger partial charge on any atom is -0.496 e. The van der Waals surface area contributed by atoms with Gasteiger partial charge in [0.2, 0.25) is 11.5 Å². The molecular formula is C14H17BrN2O5. The standard InChI is InChI=1S/C14H17BrN2O5/c1-5-22-14(19)12(17-16-2)13(18)8-6-9(15)11(21-4)7-10(8)20-3/h6-7,16H,5H2,1-4H3/b17-12-. The number of nitrogens with one attached hydrogen (secondary N) is 1. The Bertz CT molecular complexity index is 601. The number of ketones is 1. The van der Waals surface area contributed by atoms with Gasteiger partial charge in [-0.25, -0.2) is 4.79 Å². The molecule has 0 heterocycles. The fourth-order valence-corrected chi connectivity index (χ4v) is 2.17. The van der Waals surface area contributed by atoms with Crippen molar-refractivity contribution in [2.75, 3.05) is 27.9 Å². The van der Waals surface area contributed by atoms with Gasteiger partial charge in [0.05, 0.1) is 30.9 Å². The van der Waals surface area contributed by atoms with Gasteiger partial charge in [-0.15, -0.1) is 0 Å². The van der Waals surface area contributed by atoms with Gasteiger partial charge in [-0.3, -0.25) is 4.79 Å². The first kappa shape index (κ1) is 18.0. The summed E-state index contributed by atoms with van der Waals surface area (Å²) in [6.07, 6.45) is 0. The van der Waals surface area contributed by atoms with E-state index in [1.807, 2.05) is 0 Å². The maximum absolute atomic E-state index is 12.6. The molecule has 0 aromatic heterocycles. The van der Waals surface area contributed by atoms with Crippen LogP contribution in [0.15, 0.2) is 21.7 Å². The van der Waals surface area contributed by atoms with Crippen molar-refractivity contribution in [1.29, 1.82) is 0 Å². The lowest BCUT2D eigenvalue weighted by atomic mass is 10.1. The van der Waals surface area contributed by atoms with Crippen molar-refractivity contribution in [3.05, 3.63) is 22.2 Å². The largest absolute Gasteiger partial charge is 0.496 e. The highest BCUT2D eigenvalue weighted by Gasteiger charge is 2.27. The third-order valence-electron chi connectivity index (χ3n) is 2.63. The molecule has 1 aromatic rings. The van der Waals surface area contributed by atoms with E-state index in [0.717, 1.165) is 0 Å². The van der Waals surface area contributed by atoms with Gasteiger partial charge in [-0.05, 0) is 28.9 Å². The van der Waals surface area contributed by atoms with Crippen molar-refractivity contribution in [2.45, 2.75) is 6.92 Å². The number of benzene rings is 1. The molecule has 0 bridgehead atoms. The summed E-state index contributed by atoms with van der Waals surface area (Å²) in [6, 6.07) is 3.05. The van der Waals surface area contributed by atoms with Crippen LogP contribution in [-0.4, -0.2) is 45.3 Å². The number of halogens is 1. The van der Waals surface area contributed by atoms with E-state index in [2.05, 4.69) is 26.5 Å². The molecular weight excluding hydrogens is 356 g/mol. The summed E-state index contributed by atoms with van der Waals surface area (Å²) in [4.78, 5) is 24.4. The molecule has 0 unspecified atom stereocenters. The van der Waals surface area contributed by atoms with Crippen molar-refractivity contribution in [2.24, 2.45) is 5.10 Å². The van der Waals surface area contributed by atoms with Gasteiger partial charge in [0.25, 0.3) is 0 Å². The molecule has 7 nitrogen and oxygen atoms in total. The van der Waals surface area contributed by atoms with E-state index < -0.39 is 11.8 Å². The second-order valence-corrected chi connectivity index (χ2v) is 4.77. The van der Waals surface area contributed by atoms with Gasteiger partial charge >= 0.3 is 5.97 Å². The summed E-state index contributed by atoms with van der Waals surface area (Å²) < 4.78 is 15.7. The molecule has 0 aliphatic rings. The molecule has 0 spiro atoms. The number of rotatable bonds is 7. The average Bonchev–Trinajstić information content (AvgIpc) is 2.51. The average molecular weight is 373 g/mol. The minimum absolute atomic E-state index is 0.137. The number of nitrogens with zero attached hydrogens (tertiary/aromatic N) is 1. The van der Waals surface area contributed by atoms with Crippen LogP contribution in [0.3, 0.4) is 0 Å². The SMILES string of the molecule is CCOC(=O)/C(=N\NC)C(=O)c1cc(Br)c(OC)cc1OC. The Morgan fingerprint density at radius 1 is 1.23 bits per heavy atom. The second kappa shape index (κ2) is 8.38. The highest BCUT2D eigenvalue weighted by molar-refractivity contribution is 9.10. The maximum atomic E-state index is 12.6. The van der Waals surface area contributed by atoms with E-state index in [-0.39, 0.29) is 23.6 Å². The van der Waals surface area contributed by atoms with Crippen LogP contribution in [0.25, 0.3) is 0 Å². The number of carbonyl (C=O) groups is 2. The van der Waals surface area contributed by atoms with Gasteiger partial charge in [-0.1, -0.05) is 0 Å². The van der Waals surface area contributed by atoms with Crippen LogP contribution >= 0.6 is 15.9 Å². The highest BCUT2D eigenvalue weighted by atomic mass is 79.9. The van der Waals surface area contributed by atoms with Gasteiger partial charge in [-0.2, -0.15) is 5.10 Å². The highest BCUT2D eigenvalue weighted by Crippen LogP contribution is 2.33. The zero-order chi connectivity index (χ0) is 16.7. The molecule has 0 radical (unpaired) electrons. The predicted molar refractivity (Wildman–Crippen MR) is 84.7 cm³/mol. The van der Waals surface area contributed by atoms with Crippen molar-refractivity contribution >= 4 is 33.4 Å². The summed E-state index contributed by atoms with van der Waals surface area (Å²) in [5.41, 5.74) is 2.22. The summed E-state index contributed by atoms with van der Waals surface area (Å²) in [7, 11) is 4.39. The molecule has 0 atom stereocenters. The second-order valence-electron chi connectivity index (χ2n) is 3.92. The van der Waals surface area contributed by atoms with Crippen LogP contribution in [0.1, 0.15) is 17.3 Å². The molecule has 0 saturated carbocycles. The number of carbonyl (C=O) groups excluding carboxylic acids is 2. The van der Waals surface area contributed by atoms with Crippen molar-refractivity contribution in [3.8, 4) is 11.5 Å². The Balaban J connectivity index is 3.33. The molecule has 0 aliphatic heterocycles. The lowest BCUT2D eigenvalue weighted by Gasteiger charge is -2.12. The molecule has 0 amide bonds. The fraction of sp³-hybridized carbons (Fsp3) is 0.357. The van der Waals surface area contributed by atoms with Gasteiger partial charge < -0.3 is 19.6 Å². The summed E-state index contributed by atoms with van der Waals surface area (Å²) in [6.45, 7) is 1.78. The van der Waals surface area contributed by atoms with Crippen LogP contribution < -0.4 is 14.9 Å². The molecule has 22 heavy (non-hydrogen) atoms. The van der Waals surface area contributed by atoms with E-state index in [0.29, 0.717) is 10.2 Å². The van der Waals surface area contributed by atoms with Crippen LogP contribution in [0.2, 0.25) is 0 Å². The Hall–Kier alpha value is -2.09. The lowest BCUT2D eigenvalue weighted by molar-refractivity contribution is -0.134. The topological polar surface area (TPSA) is 86.2 Å².